The molecule has 0 aliphatic carbocycles. The quantitative estimate of drug-likeness (QED) is 0.694. The Morgan fingerprint density at radius 2 is 1.80 bits per heavy atom. The first-order valence-corrected chi connectivity index (χ1v) is 4.08. The fraction of sp³-hybridized carbons (Fsp3) is 0. The summed E-state index contributed by atoms with van der Waals surface area (Å²) in [5.74, 6) is -2.39. The van der Waals surface area contributed by atoms with E-state index in [1.807, 2.05) is 0 Å². The van der Waals surface area contributed by atoms with Crippen molar-refractivity contribution in [2.75, 3.05) is 0 Å². The van der Waals surface area contributed by atoms with E-state index in [1.54, 1.807) is 0 Å². The molecule has 15 heavy (non-hydrogen) atoms. The minimum absolute atomic E-state index is 0.0381. The lowest BCUT2D eigenvalue weighted by molar-refractivity contribution is -0.115. The lowest BCUT2D eigenvalue weighted by atomic mass is 10.0. The zero-order valence-electron chi connectivity index (χ0n) is 7.74. The predicted molar refractivity (Wildman–Crippen MR) is 52.8 cm³/mol. The molecule has 0 saturated carbocycles. The number of amides is 2. The van der Waals surface area contributed by atoms with Crippen LogP contribution in [0.3, 0.4) is 0 Å². The summed E-state index contributed by atoms with van der Waals surface area (Å²) in [6, 6.07) is 5.49. The summed E-state index contributed by atoms with van der Waals surface area (Å²) < 4.78 is 13.2. The molecule has 5 heteroatoms. The van der Waals surface area contributed by atoms with Crippen LogP contribution in [0.15, 0.2) is 30.3 Å². The molecule has 1 aromatic carbocycles. The highest BCUT2D eigenvalue weighted by Crippen LogP contribution is 2.17. The maximum atomic E-state index is 13.2. The Bertz CT molecular complexity index is 441. The summed E-state index contributed by atoms with van der Waals surface area (Å²) in [6.07, 6.45) is 0.806. The zero-order chi connectivity index (χ0) is 11.4. The molecule has 0 aromatic heterocycles. The number of primary amides is 2. The minimum atomic E-state index is -0.904. The third kappa shape index (κ3) is 2.63. The number of carbonyl (C=O) groups is 2. The van der Waals surface area contributed by atoms with Crippen molar-refractivity contribution < 1.29 is 14.0 Å². The van der Waals surface area contributed by atoms with Crippen molar-refractivity contribution in [3.63, 3.8) is 0 Å². The van der Waals surface area contributed by atoms with E-state index in [2.05, 4.69) is 0 Å². The molecule has 0 spiro atoms. The number of halogens is 1. The first-order valence-electron chi connectivity index (χ1n) is 4.08. The molecule has 1 aromatic rings. The van der Waals surface area contributed by atoms with Crippen molar-refractivity contribution in [2.45, 2.75) is 0 Å². The molecule has 0 bridgehead atoms. The molecule has 0 fully saturated rings. The van der Waals surface area contributed by atoms with E-state index in [0.29, 0.717) is 0 Å². The molecular weight excluding hydrogens is 199 g/mol. The molecule has 0 unspecified atom stereocenters. The van der Waals surface area contributed by atoms with Crippen LogP contribution in [0.1, 0.15) is 5.56 Å². The highest BCUT2D eigenvalue weighted by Gasteiger charge is 2.13. The van der Waals surface area contributed by atoms with Gasteiger partial charge in [-0.1, -0.05) is 18.2 Å². The third-order valence-electron chi connectivity index (χ3n) is 1.72. The normalized spacial score (nSPS) is 11.1. The summed E-state index contributed by atoms with van der Waals surface area (Å²) in [5.41, 5.74) is 9.60. The smallest absolute Gasteiger partial charge is 0.249 e. The van der Waals surface area contributed by atoms with E-state index >= 15 is 0 Å². The second-order valence-corrected chi connectivity index (χ2v) is 2.80. The van der Waals surface area contributed by atoms with E-state index in [4.69, 9.17) is 11.5 Å². The highest BCUT2D eigenvalue weighted by atomic mass is 19.1. The van der Waals surface area contributed by atoms with Gasteiger partial charge in [-0.05, 0) is 6.07 Å². The van der Waals surface area contributed by atoms with Crippen LogP contribution in [0.4, 0.5) is 4.39 Å². The van der Waals surface area contributed by atoms with E-state index in [-0.39, 0.29) is 11.1 Å². The largest absolute Gasteiger partial charge is 0.366 e. The molecule has 4 nitrogen and oxygen atoms in total. The topological polar surface area (TPSA) is 86.2 Å². The highest BCUT2D eigenvalue weighted by molar-refractivity contribution is 6.22. The van der Waals surface area contributed by atoms with Crippen LogP contribution >= 0.6 is 0 Å². The third-order valence-corrected chi connectivity index (χ3v) is 1.72. The van der Waals surface area contributed by atoms with Crippen LogP contribution in [0.25, 0.3) is 5.57 Å². The Labute approximate surface area is 85.4 Å². The standard InChI is InChI=1S/C10H9FN2O2/c11-8-4-2-1-3-6(8)7(10(13)15)5-9(12)14/h1-5H,(H2,12,14)(H2,13,15)/b7-5-. The van der Waals surface area contributed by atoms with Crippen molar-refractivity contribution in [1.82, 2.24) is 0 Å². The second kappa shape index (κ2) is 4.36. The molecule has 0 heterocycles. The molecule has 78 valence electrons. The van der Waals surface area contributed by atoms with Gasteiger partial charge in [0.15, 0.2) is 0 Å². The predicted octanol–water partition coefficient (Wildman–Crippen LogP) is 0.180. The Morgan fingerprint density at radius 1 is 1.20 bits per heavy atom. The van der Waals surface area contributed by atoms with Gasteiger partial charge in [0, 0.05) is 11.6 Å². The van der Waals surface area contributed by atoms with Crippen molar-refractivity contribution in [2.24, 2.45) is 11.5 Å². The van der Waals surface area contributed by atoms with E-state index in [0.717, 1.165) is 12.1 Å². The van der Waals surface area contributed by atoms with Crippen LogP contribution in [-0.2, 0) is 9.59 Å². The van der Waals surface area contributed by atoms with Crippen LogP contribution in [-0.4, -0.2) is 11.8 Å². The Hall–Kier alpha value is -2.17. The van der Waals surface area contributed by atoms with Gasteiger partial charge >= 0.3 is 0 Å². The first kappa shape index (κ1) is 10.9. The van der Waals surface area contributed by atoms with Gasteiger partial charge in [0.05, 0.1) is 5.57 Å². The monoisotopic (exact) mass is 208 g/mol. The number of benzene rings is 1. The van der Waals surface area contributed by atoms with Gasteiger partial charge in [-0.3, -0.25) is 9.59 Å². The number of rotatable bonds is 3. The summed E-state index contributed by atoms with van der Waals surface area (Å²) in [7, 11) is 0. The maximum absolute atomic E-state index is 13.2. The fourth-order valence-electron chi connectivity index (χ4n) is 1.10. The summed E-state index contributed by atoms with van der Waals surface area (Å²) >= 11 is 0. The average Bonchev–Trinajstić information content (AvgIpc) is 2.15. The van der Waals surface area contributed by atoms with E-state index < -0.39 is 17.6 Å². The summed E-state index contributed by atoms with van der Waals surface area (Å²) in [5, 5.41) is 0. The average molecular weight is 208 g/mol. The SMILES string of the molecule is NC(=O)/C=C(\C(N)=O)c1ccccc1F. The molecule has 0 aliphatic heterocycles. The Kier molecular flexibility index (Phi) is 3.17. The van der Waals surface area contributed by atoms with Crippen LogP contribution < -0.4 is 11.5 Å². The Balaban J connectivity index is 3.29. The van der Waals surface area contributed by atoms with Gasteiger partial charge in [0.1, 0.15) is 5.82 Å². The van der Waals surface area contributed by atoms with Crippen LogP contribution in [0.5, 0.6) is 0 Å². The van der Waals surface area contributed by atoms with Gasteiger partial charge in [-0.2, -0.15) is 0 Å². The molecule has 0 atom stereocenters. The van der Waals surface area contributed by atoms with Gasteiger partial charge < -0.3 is 11.5 Å². The zero-order valence-corrected chi connectivity index (χ0v) is 7.74. The van der Waals surface area contributed by atoms with Crippen LogP contribution in [0.2, 0.25) is 0 Å². The Morgan fingerprint density at radius 3 is 2.27 bits per heavy atom. The first-order chi connectivity index (χ1) is 7.02. The van der Waals surface area contributed by atoms with Crippen molar-refractivity contribution in [3.8, 4) is 0 Å². The van der Waals surface area contributed by atoms with Gasteiger partial charge in [0.25, 0.3) is 0 Å². The number of hydrogen-bond acceptors (Lipinski definition) is 2. The lowest BCUT2D eigenvalue weighted by Gasteiger charge is -2.03. The molecule has 4 N–H and O–H groups in total. The van der Waals surface area contributed by atoms with Gasteiger partial charge in [-0.15, -0.1) is 0 Å². The summed E-state index contributed by atoms with van der Waals surface area (Å²) in [4.78, 5) is 21.6. The van der Waals surface area contributed by atoms with Crippen molar-refractivity contribution >= 4 is 17.4 Å². The molecule has 0 radical (unpaired) electrons. The minimum Gasteiger partial charge on any atom is -0.366 e. The van der Waals surface area contributed by atoms with E-state index in [1.165, 1.54) is 18.2 Å². The number of carbonyl (C=O) groups excluding carboxylic acids is 2. The van der Waals surface area contributed by atoms with Crippen molar-refractivity contribution in [3.05, 3.63) is 41.7 Å². The van der Waals surface area contributed by atoms with Gasteiger partial charge in [-0.25, -0.2) is 4.39 Å². The second-order valence-electron chi connectivity index (χ2n) is 2.80. The van der Waals surface area contributed by atoms with E-state index in [9.17, 15) is 14.0 Å². The number of nitrogens with two attached hydrogens (primary N) is 2. The molecule has 1 rings (SSSR count). The molecular formula is C10H9FN2O2. The molecule has 2 amide bonds. The molecule has 0 saturated heterocycles. The molecule has 0 aliphatic rings. The van der Waals surface area contributed by atoms with Gasteiger partial charge in [0.2, 0.25) is 11.8 Å². The lowest BCUT2D eigenvalue weighted by Crippen LogP contribution is -2.17. The number of hydrogen-bond donors (Lipinski definition) is 2. The summed E-state index contributed by atoms with van der Waals surface area (Å²) in [6.45, 7) is 0. The fourth-order valence-corrected chi connectivity index (χ4v) is 1.10. The maximum Gasteiger partial charge on any atom is 0.249 e. The van der Waals surface area contributed by atoms with Crippen LogP contribution in [0, 0.1) is 5.82 Å². The van der Waals surface area contributed by atoms with Crippen molar-refractivity contribution in [1.29, 1.82) is 0 Å².